The summed E-state index contributed by atoms with van der Waals surface area (Å²) in [6.07, 6.45) is 0. The molecule has 0 radical (unpaired) electrons. The lowest BCUT2D eigenvalue weighted by atomic mass is 10.2. The Morgan fingerprint density at radius 2 is 2.05 bits per heavy atom. The number of rotatable bonds is 5. The molecule has 0 heterocycles. The lowest BCUT2D eigenvalue weighted by molar-refractivity contribution is -0.385. The minimum atomic E-state index is -0.455. The molecular weight excluding hydrogens is 404 g/mol. The molecule has 0 bridgehead atoms. The maximum atomic E-state index is 10.9. The maximum Gasteiger partial charge on any atom is 0.287 e. The van der Waals surface area contributed by atoms with Crippen molar-refractivity contribution in [3.05, 3.63) is 61.0 Å². The highest BCUT2D eigenvalue weighted by Gasteiger charge is 2.16. The molecule has 0 aromatic heterocycles. The van der Waals surface area contributed by atoms with E-state index in [9.17, 15) is 10.1 Å². The maximum absolute atomic E-state index is 10.9. The second-order valence-corrected chi connectivity index (χ2v) is 5.88. The van der Waals surface area contributed by atoms with Crippen molar-refractivity contribution in [3.8, 4) is 11.5 Å². The number of halogens is 2. The third kappa shape index (κ3) is 3.81. The number of nitro benzene ring substituents is 1. The van der Waals surface area contributed by atoms with Gasteiger partial charge in [-0.2, -0.15) is 0 Å². The van der Waals surface area contributed by atoms with Crippen molar-refractivity contribution in [2.24, 2.45) is 0 Å². The number of ether oxygens (including phenoxy) is 1. The zero-order chi connectivity index (χ0) is 15.4. The second kappa shape index (κ2) is 7.02. The summed E-state index contributed by atoms with van der Waals surface area (Å²) in [5.41, 5.74) is 1.07. The molecule has 0 saturated carbocycles. The van der Waals surface area contributed by atoms with Gasteiger partial charge in [-0.1, -0.05) is 28.1 Å². The largest absolute Gasteiger partial charge is 0.456 e. The van der Waals surface area contributed by atoms with Gasteiger partial charge in [0.1, 0.15) is 16.0 Å². The van der Waals surface area contributed by atoms with Gasteiger partial charge in [-0.25, -0.2) is 0 Å². The molecular formula is C14H12Br2N2O3. The molecule has 7 heteroatoms. The number of hydrogen-bond donors (Lipinski definition) is 1. The number of nitro groups is 1. The highest BCUT2D eigenvalue weighted by atomic mass is 79.9. The van der Waals surface area contributed by atoms with E-state index in [0.29, 0.717) is 16.0 Å². The van der Waals surface area contributed by atoms with E-state index in [2.05, 4.69) is 37.2 Å². The minimum Gasteiger partial charge on any atom is -0.456 e. The van der Waals surface area contributed by atoms with Gasteiger partial charge in [-0.3, -0.25) is 10.1 Å². The molecule has 0 amide bonds. The highest BCUT2D eigenvalue weighted by molar-refractivity contribution is 9.11. The van der Waals surface area contributed by atoms with Crippen LogP contribution >= 0.6 is 31.9 Å². The average molecular weight is 416 g/mol. The van der Waals surface area contributed by atoms with E-state index in [1.165, 1.54) is 6.07 Å². The van der Waals surface area contributed by atoms with Crippen molar-refractivity contribution in [1.82, 2.24) is 5.32 Å². The normalized spacial score (nSPS) is 10.4. The molecule has 0 unspecified atom stereocenters. The fourth-order valence-electron chi connectivity index (χ4n) is 1.77. The van der Waals surface area contributed by atoms with Crippen molar-refractivity contribution >= 4 is 37.5 Å². The van der Waals surface area contributed by atoms with Gasteiger partial charge in [0.2, 0.25) is 0 Å². The Balaban J connectivity index is 2.28. The molecule has 0 aliphatic heterocycles. The summed E-state index contributed by atoms with van der Waals surface area (Å²) in [6.45, 7) is 0.737. The van der Waals surface area contributed by atoms with Crippen molar-refractivity contribution < 1.29 is 9.66 Å². The summed E-state index contributed by atoms with van der Waals surface area (Å²) in [4.78, 5) is 10.4. The van der Waals surface area contributed by atoms with E-state index in [4.69, 9.17) is 4.74 Å². The van der Waals surface area contributed by atoms with Crippen LogP contribution in [0.2, 0.25) is 0 Å². The third-order valence-electron chi connectivity index (χ3n) is 2.76. The first kappa shape index (κ1) is 15.9. The van der Waals surface area contributed by atoms with E-state index in [0.717, 1.165) is 16.6 Å². The van der Waals surface area contributed by atoms with Gasteiger partial charge in [0.05, 0.1) is 4.92 Å². The van der Waals surface area contributed by atoms with E-state index in [1.807, 2.05) is 25.2 Å². The second-order valence-electron chi connectivity index (χ2n) is 4.23. The predicted octanol–water partition coefficient (Wildman–Crippen LogP) is 4.63. The highest BCUT2D eigenvalue weighted by Crippen LogP contribution is 2.37. The Labute approximate surface area is 138 Å². The van der Waals surface area contributed by atoms with Gasteiger partial charge >= 0.3 is 0 Å². The van der Waals surface area contributed by atoms with Crippen LogP contribution in [-0.2, 0) is 6.54 Å². The van der Waals surface area contributed by atoms with E-state index in [1.54, 1.807) is 12.1 Å². The molecule has 0 atom stereocenters. The molecule has 0 aliphatic carbocycles. The summed E-state index contributed by atoms with van der Waals surface area (Å²) < 4.78 is 6.95. The van der Waals surface area contributed by atoms with E-state index >= 15 is 0 Å². The van der Waals surface area contributed by atoms with Crippen molar-refractivity contribution in [2.75, 3.05) is 7.05 Å². The van der Waals surface area contributed by atoms with Crippen LogP contribution in [0.3, 0.4) is 0 Å². The SMILES string of the molecule is CNCc1ccc(Oc2cccc([N+](=O)[O-])c2Br)cc1Br. The van der Waals surface area contributed by atoms with Crippen molar-refractivity contribution in [3.63, 3.8) is 0 Å². The number of benzene rings is 2. The minimum absolute atomic E-state index is 0.0293. The van der Waals surface area contributed by atoms with Crippen LogP contribution in [0.5, 0.6) is 11.5 Å². The number of nitrogens with one attached hydrogen (secondary N) is 1. The molecule has 2 aromatic carbocycles. The number of nitrogens with zero attached hydrogens (tertiary/aromatic N) is 1. The fraction of sp³-hybridized carbons (Fsp3) is 0.143. The smallest absolute Gasteiger partial charge is 0.287 e. The van der Waals surface area contributed by atoms with Gasteiger partial charge < -0.3 is 10.1 Å². The summed E-state index contributed by atoms with van der Waals surface area (Å²) in [7, 11) is 1.87. The lowest BCUT2D eigenvalue weighted by Crippen LogP contribution is -2.05. The van der Waals surface area contributed by atoms with Gasteiger partial charge in [-0.05, 0) is 46.7 Å². The molecule has 110 valence electrons. The predicted molar refractivity (Wildman–Crippen MR) is 87.8 cm³/mol. The molecule has 0 spiro atoms. The Kier molecular flexibility index (Phi) is 5.33. The Morgan fingerprint density at radius 1 is 1.29 bits per heavy atom. The van der Waals surface area contributed by atoms with Crippen molar-refractivity contribution in [2.45, 2.75) is 6.54 Å². The first-order valence-corrected chi connectivity index (χ1v) is 7.65. The van der Waals surface area contributed by atoms with E-state index in [-0.39, 0.29) is 5.69 Å². The van der Waals surface area contributed by atoms with Crippen LogP contribution in [0.15, 0.2) is 45.3 Å². The molecule has 21 heavy (non-hydrogen) atoms. The van der Waals surface area contributed by atoms with Crippen LogP contribution in [0.1, 0.15) is 5.56 Å². The quantitative estimate of drug-likeness (QED) is 0.571. The first-order chi connectivity index (χ1) is 10.0. The van der Waals surface area contributed by atoms with Gasteiger partial charge in [0.15, 0.2) is 0 Å². The fourth-order valence-corrected chi connectivity index (χ4v) is 2.76. The monoisotopic (exact) mass is 414 g/mol. The molecule has 0 aliphatic rings. The summed E-state index contributed by atoms with van der Waals surface area (Å²) in [5, 5.41) is 14.0. The van der Waals surface area contributed by atoms with Gasteiger partial charge in [0.25, 0.3) is 5.69 Å². The lowest BCUT2D eigenvalue weighted by Gasteiger charge is -2.10. The molecule has 2 rings (SSSR count). The average Bonchev–Trinajstić information content (AvgIpc) is 2.44. The zero-order valence-electron chi connectivity index (χ0n) is 11.1. The Hall–Kier alpha value is -1.44. The van der Waals surface area contributed by atoms with Crippen molar-refractivity contribution in [1.29, 1.82) is 0 Å². The molecule has 5 nitrogen and oxygen atoms in total. The molecule has 1 N–H and O–H groups in total. The molecule has 0 saturated heterocycles. The molecule has 0 fully saturated rings. The van der Waals surface area contributed by atoms with E-state index < -0.39 is 4.92 Å². The van der Waals surface area contributed by atoms with Gasteiger partial charge in [-0.15, -0.1) is 0 Å². The van der Waals surface area contributed by atoms with Crippen LogP contribution in [0, 0.1) is 10.1 Å². The summed E-state index contributed by atoms with van der Waals surface area (Å²) in [6, 6.07) is 10.3. The Morgan fingerprint density at radius 3 is 2.67 bits per heavy atom. The summed E-state index contributed by atoms with van der Waals surface area (Å²) in [5.74, 6) is 1.00. The zero-order valence-corrected chi connectivity index (χ0v) is 14.3. The Bertz CT molecular complexity index is 677. The van der Waals surface area contributed by atoms with Crippen LogP contribution in [0.25, 0.3) is 0 Å². The standard InChI is InChI=1S/C14H12Br2N2O3/c1-17-8-9-5-6-10(7-11(9)15)21-13-4-2-3-12(14(13)16)18(19)20/h2-7,17H,8H2,1H3. The third-order valence-corrected chi connectivity index (χ3v) is 4.29. The van der Waals surface area contributed by atoms with Crippen LogP contribution in [0.4, 0.5) is 5.69 Å². The van der Waals surface area contributed by atoms with Crippen LogP contribution in [-0.4, -0.2) is 12.0 Å². The summed E-state index contributed by atoms with van der Waals surface area (Å²) >= 11 is 6.69. The first-order valence-electron chi connectivity index (χ1n) is 6.06. The topological polar surface area (TPSA) is 64.4 Å². The van der Waals surface area contributed by atoms with Gasteiger partial charge in [0, 0.05) is 17.1 Å². The molecule has 2 aromatic rings. The number of hydrogen-bond acceptors (Lipinski definition) is 4. The van der Waals surface area contributed by atoms with Crippen LogP contribution < -0.4 is 10.1 Å².